The van der Waals surface area contributed by atoms with E-state index in [-0.39, 0.29) is 59.2 Å². The summed E-state index contributed by atoms with van der Waals surface area (Å²) in [7, 11) is 3.49. The Morgan fingerprint density at radius 1 is 0.631 bits per heavy atom. The summed E-state index contributed by atoms with van der Waals surface area (Å²) in [6, 6.07) is 16.3. The number of benzene rings is 2. The molecule has 0 fully saturated rings. The van der Waals surface area contributed by atoms with Crippen LogP contribution in [0.3, 0.4) is 0 Å². The average Bonchev–Trinajstić information content (AvgIpc) is 4.03. The van der Waals surface area contributed by atoms with E-state index in [4.69, 9.17) is 21.4 Å². The third-order valence-electron chi connectivity index (χ3n) is 8.53. The van der Waals surface area contributed by atoms with Crippen molar-refractivity contribution in [1.82, 2.24) is 69.5 Å². The van der Waals surface area contributed by atoms with Crippen LogP contribution in [-0.4, -0.2) is 74.6 Å². The highest BCUT2D eigenvalue weighted by atomic mass is 35.5. The molecule has 0 bridgehead atoms. The zero-order valence-electron chi connectivity index (χ0n) is 35.3. The van der Waals surface area contributed by atoms with Crippen molar-refractivity contribution in [3.8, 4) is 17.8 Å². The number of hydrogen-bond donors (Lipinski definition) is 3. The quantitative estimate of drug-likeness (QED) is 0.0888. The monoisotopic (exact) mass is 924 g/mol. The SMILES string of the molecule is Cc1cc(C)n(-c2nc(Cl)cc(Nc3cccc(C(F)(F)F)c3)n2)n1.Cc1cc(C)n(-c2nc(Nc3cccc(C(F)(F)F)c3)cc(OCc3cn(C)nn3)n2)n1.Cn1cc(CO)nn1. The van der Waals surface area contributed by atoms with Crippen LogP contribution >= 0.6 is 11.6 Å². The molecule has 2 aromatic carbocycles. The summed E-state index contributed by atoms with van der Waals surface area (Å²) >= 11 is 6.02. The molecule has 25 heteroatoms. The van der Waals surface area contributed by atoms with E-state index in [0.717, 1.165) is 47.0 Å². The van der Waals surface area contributed by atoms with Crippen LogP contribution in [0.4, 0.5) is 49.4 Å². The molecule has 3 N–H and O–H groups in total. The van der Waals surface area contributed by atoms with Crippen molar-refractivity contribution in [3.05, 3.63) is 136 Å². The van der Waals surface area contributed by atoms with E-state index in [0.29, 0.717) is 11.4 Å². The number of ether oxygens (including phenoxy) is 1. The van der Waals surface area contributed by atoms with Gasteiger partial charge in [-0.15, -0.1) is 10.2 Å². The summed E-state index contributed by atoms with van der Waals surface area (Å²) in [6.45, 7) is 7.41. The Bertz CT molecular complexity index is 2870. The fourth-order valence-corrected chi connectivity index (χ4v) is 5.97. The second kappa shape index (κ2) is 19.9. The third-order valence-corrected chi connectivity index (χ3v) is 8.72. The Morgan fingerprint density at radius 3 is 1.52 bits per heavy atom. The molecule has 0 spiro atoms. The number of rotatable bonds is 10. The fraction of sp³-hybridized carbons (Fsp3) is 0.250. The molecule has 0 saturated carbocycles. The van der Waals surface area contributed by atoms with Gasteiger partial charge in [-0.05, 0) is 76.2 Å². The Morgan fingerprint density at radius 2 is 1.11 bits per heavy atom. The highest BCUT2D eigenvalue weighted by molar-refractivity contribution is 6.29. The summed E-state index contributed by atoms with van der Waals surface area (Å²) < 4.78 is 89.5. The Labute approximate surface area is 370 Å². The summed E-state index contributed by atoms with van der Waals surface area (Å²) in [5, 5.41) is 37.9. The molecular formula is C40H39ClF6N16O2. The van der Waals surface area contributed by atoms with Crippen LogP contribution in [0.15, 0.2) is 85.2 Å². The number of nitrogens with one attached hydrogen (secondary N) is 2. The van der Waals surface area contributed by atoms with Crippen molar-refractivity contribution in [2.24, 2.45) is 14.1 Å². The molecule has 8 rings (SSSR count). The van der Waals surface area contributed by atoms with Crippen molar-refractivity contribution in [2.75, 3.05) is 10.6 Å². The molecule has 6 heterocycles. The maximum atomic E-state index is 13.1. The van der Waals surface area contributed by atoms with Gasteiger partial charge in [-0.1, -0.05) is 34.2 Å². The Kier molecular flexibility index (Phi) is 14.4. The third kappa shape index (κ3) is 13.0. The van der Waals surface area contributed by atoms with E-state index in [9.17, 15) is 26.3 Å². The van der Waals surface area contributed by atoms with Crippen LogP contribution in [0.1, 0.15) is 45.3 Å². The van der Waals surface area contributed by atoms with Crippen molar-refractivity contribution in [3.63, 3.8) is 0 Å². The van der Waals surface area contributed by atoms with Gasteiger partial charge in [0, 0.05) is 49.0 Å². The zero-order valence-corrected chi connectivity index (χ0v) is 36.0. The van der Waals surface area contributed by atoms with Crippen molar-refractivity contribution in [1.29, 1.82) is 0 Å². The predicted molar refractivity (Wildman–Crippen MR) is 224 cm³/mol. The average molecular weight is 925 g/mol. The molecule has 0 aliphatic heterocycles. The predicted octanol–water partition coefficient (Wildman–Crippen LogP) is 7.75. The van der Waals surface area contributed by atoms with Gasteiger partial charge in [0.05, 0.1) is 41.5 Å². The summed E-state index contributed by atoms with van der Waals surface area (Å²) in [5.74, 6) is 1.15. The largest absolute Gasteiger partial charge is 0.471 e. The number of aliphatic hydroxyl groups is 1. The molecule has 0 unspecified atom stereocenters. The molecule has 340 valence electrons. The number of aliphatic hydroxyl groups excluding tert-OH is 1. The van der Waals surface area contributed by atoms with E-state index in [1.807, 2.05) is 39.8 Å². The second-order valence-corrected chi connectivity index (χ2v) is 14.5. The van der Waals surface area contributed by atoms with Gasteiger partial charge >= 0.3 is 12.4 Å². The van der Waals surface area contributed by atoms with E-state index in [2.05, 4.69) is 61.4 Å². The van der Waals surface area contributed by atoms with Gasteiger partial charge in [-0.25, -0.2) is 9.36 Å². The number of aromatic nitrogens is 14. The minimum absolute atomic E-state index is 0.0339. The summed E-state index contributed by atoms with van der Waals surface area (Å²) in [6.07, 6.45) is -5.51. The van der Waals surface area contributed by atoms with Crippen molar-refractivity contribution in [2.45, 2.75) is 53.3 Å². The number of halogens is 7. The van der Waals surface area contributed by atoms with Gasteiger partial charge in [0.15, 0.2) is 0 Å². The molecule has 6 aromatic heterocycles. The molecule has 0 amide bonds. The van der Waals surface area contributed by atoms with Crippen LogP contribution in [0.2, 0.25) is 5.15 Å². The first-order valence-corrected chi connectivity index (χ1v) is 19.4. The first kappa shape index (κ1) is 47.0. The van der Waals surface area contributed by atoms with Crippen molar-refractivity contribution < 1.29 is 36.2 Å². The van der Waals surface area contributed by atoms with Gasteiger partial charge in [0.2, 0.25) is 5.88 Å². The van der Waals surface area contributed by atoms with E-state index >= 15 is 0 Å². The van der Waals surface area contributed by atoms with E-state index < -0.39 is 23.5 Å². The lowest BCUT2D eigenvalue weighted by molar-refractivity contribution is -0.138. The number of nitrogens with zero attached hydrogens (tertiary/aromatic N) is 14. The number of anilines is 4. The van der Waals surface area contributed by atoms with Crippen LogP contribution in [-0.2, 0) is 39.7 Å². The molecule has 8 aromatic rings. The number of hydrogen-bond acceptors (Lipinski definition) is 14. The van der Waals surface area contributed by atoms with Gasteiger partial charge in [0.1, 0.15) is 34.8 Å². The normalized spacial score (nSPS) is 11.4. The topological polar surface area (TPSA) is 202 Å². The van der Waals surface area contributed by atoms with Crippen LogP contribution in [0.25, 0.3) is 11.9 Å². The van der Waals surface area contributed by atoms with Crippen molar-refractivity contribution >= 4 is 34.6 Å². The molecule has 0 saturated heterocycles. The van der Waals surface area contributed by atoms with Gasteiger partial charge in [-0.3, -0.25) is 9.36 Å². The molecule has 18 nitrogen and oxygen atoms in total. The highest BCUT2D eigenvalue weighted by Gasteiger charge is 2.31. The summed E-state index contributed by atoms with van der Waals surface area (Å²) in [5.41, 5.74) is 3.28. The summed E-state index contributed by atoms with van der Waals surface area (Å²) in [4.78, 5) is 17.2. The molecular weight excluding hydrogens is 886 g/mol. The first-order valence-electron chi connectivity index (χ1n) is 19.1. The molecule has 0 aliphatic rings. The van der Waals surface area contributed by atoms with Crippen LogP contribution in [0.5, 0.6) is 5.88 Å². The lowest BCUT2D eigenvalue weighted by Crippen LogP contribution is -2.09. The fourth-order valence-electron chi connectivity index (χ4n) is 5.79. The zero-order chi connectivity index (χ0) is 47.1. The smallest absolute Gasteiger partial charge is 0.416 e. The van der Waals surface area contributed by atoms with E-state index in [1.54, 1.807) is 35.9 Å². The van der Waals surface area contributed by atoms with Gasteiger partial charge < -0.3 is 20.5 Å². The standard InChI is InChI=1S/C20H19F3N8O.C16H13ClF3N5.C4H7N3O/c1-12-7-13(2)31(28-12)19-25-17(24-15-6-4-5-14(8-15)20(21,22)23)9-18(26-19)32-11-16-10-30(3)29-27-16;1-9-6-10(2)25(24-9)15-22-13(17)8-14(23-15)21-12-5-3-4-11(7-12)16(18,19)20;1-7-2-4(3-8)5-6-7/h4-10H,11H2,1-3H3,(H,24,25,26);3-8H,1-2H3,(H,21,22,23);2,8H,3H2,1H3. The minimum atomic E-state index is -4.46. The van der Waals surface area contributed by atoms with Gasteiger partial charge in [-0.2, -0.15) is 56.5 Å². The lowest BCUT2D eigenvalue weighted by Gasteiger charge is -2.13. The minimum Gasteiger partial charge on any atom is -0.471 e. The van der Waals surface area contributed by atoms with Crippen LogP contribution in [0, 0.1) is 27.7 Å². The van der Waals surface area contributed by atoms with Crippen LogP contribution < -0.4 is 15.4 Å². The maximum absolute atomic E-state index is 13.1. The maximum Gasteiger partial charge on any atom is 0.416 e. The first-order chi connectivity index (χ1) is 30.7. The Balaban J connectivity index is 0.000000188. The molecule has 65 heavy (non-hydrogen) atoms. The second-order valence-electron chi connectivity index (χ2n) is 14.1. The lowest BCUT2D eigenvalue weighted by atomic mass is 10.2. The van der Waals surface area contributed by atoms with E-state index in [1.165, 1.54) is 45.8 Å². The molecule has 0 aliphatic carbocycles. The number of alkyl halides is 6. The highest BCUT2D eigenvalue weighted by Crippen LogP contribution is 2.33. The Hall–Kier alpha value is -7.47. The molecule has 0 atom stereocenters. The molecule has 0 radical (unpaired) electrons. The van der Waals surface area contributed by atoms with Gasteiger partial charge in [0.25, 0.3) is 11.9 Å². The number of aryl methyl sites for hydroxylation is 6.